The Labute approximate surface area is 123 Å². The van der Waals surface area contributed by atoms with Crippen LogP contribution in [-0.4, -0.2) is 38.4 Å². The van der Waals surface area contributed by atoms with E-state index in [0.29, 0.717) is 17.1 Å². The topological polar surface area (TPSA) is 75.3 Å². The molecule has 0 spiro atoms. The molecule has 1 saturated heterocycles. The summed E-state index contributed by atoms with van der Waals surface area (Å²) in [5.41, 5.74) is 0.664. The highest BCUT2D eigenvalue weighted by molar-refractivity contribution is 7.91. The Morgan fingerprint density at radius 2 is 2.00 bits per heavy atom. The zero-order valence-corrected chi connectivity index (χ0v) is 12.5. The highest BCUT2D eigenvalue weighted by Gasteiger charge is 2.24. The van der Waals surface area contributed by atoms with Crippen LogP contribution in [0.3, 0.4) is 0 Å². The van der Waals surface area contributed by atoms with Gasteiger partial charge in [-0.3, -0.25) is 4.79 Å². The Balaban J connectivity index is 1.79. The molecule has 1 amide bonds. The number of carbonyl (C=O) groups is 1. The number of anilines is 1. The SMILES string of the molecule is O=C(CNC1CCCS(=O)(=O)C1)Nc1ccc(Cl)cc1. The van der Waals surface area contributed by atoms with Crippen molar-refractivity contribution < 1.29 is 13.2 Å². The molecule has 0 radical (unpaired) electrons. The van der Waals surface area contributed by atoms with Crippen molar-refractivity contribution >= 4 is 33.0 Å². The number of sulfone groups is 1. The van der Waals surface area contributed by atoms with E-state index in [4.69, 9.17) is 11.6 Å². The molecule has 110 valence electrons. The average Bonchev–Trinajstić information content (AvgIpc) is 2.38. The van der Waals surface area contributed by atoms with Gasteiger partial charge in [0.25, 0.3) is 0 Å². The summed E-state index contributed by atoms with van der Waals surface area (Å²) in [5.74, 6) is 0.166. The van der Waals surface area contributed by atoms with Gasteiger partial charge in [0.1, 0.15) is 0 Å². The second kappa shape index (κ2) is 6.56. The van der Waals surface area contributed by atoms with Gasteiger partial charge in [0.15, 0.2) is 9.84 Å². The van der Waals surface area contributed by atoms with Crippen molar-refractivity contribution in [2.45, 2.75) is 18.9 Å². The van der Waals surface area contributed by atoms with Gasteiger partial charge in [-0.15, -0.1) is 0 Å². The van der Waals surface area contributed by atoms with Crippen LogP contribution in [0.2, 0.25) is 5.02 Å². The van der Waals surface area contributed by atoms with E-state index in [1.54, 1.807) is 24.3 Å². The van der Waals surface area contributed by atoms with Crippen LogP contribution >= 0.6 is 11.6 Å². The number of hydrogen-bond donors (Lipinski definition) is 2. The molecule has 1 heterocycles. The molecule has 1 aromatic rings. The van der Waals surface area contributed by atoms with Gasteiger partial charge in [0.05, 0.1) is 18.1 Å². The van der Waals surface area contributed by atoms with Crippen LogP contribution < -0.4 is 10.6 Å². The monoisotopic (exact) mass is 316 g/mol. The van der Waals surface area contributed by atoms with Gasteiger partial charge < -0.3 is 10.6 Å². The van der Waals surface area contributed by atoms with Gasteiger partial charge in [-0.1, -0.05) is 11.6 Å². The minimum absolute atomic E-state index is 0.100. The zero-order valence-electron chi connectivity index (χ0n) is 10.9. The normalized spacial score (nSPS) is 21.4. The molecule has 0 bridgehead atoms. The molecule has 1 aliphatic heterocycles. The number of nitrogens with one attached hydrogen (secondary N) is 2. The van der Waals surface area contributed by atoms with Gasteiger partial charge in [-0.2, -0.15) is 0 Å². The molecule has 20 heavy (non-hydrogen) atoms. The molecular formula is C13H17ClN2O3S. The fourth-order valence-corrected chi connectivity index (χ4v) is 3.96. The average molecular weight is 317 g/mol. The second-order valence-corrected chi connectivity index (χ2v) is 7.55. The first-order valence-corrected chi connectivity index (χ1v) is 8.64. The van der Waals surface area contributed by atoms with Crippen LogP contribution in [0.4, 0.5) is 5.69 Å². The summed E-state index contributed by atoms with van der Waals surface area (Å²) < 4.78 is 23.0. The summed E-state index contributed by atoms with van der Waals surface area (Å²) in [6.07, 6.45) is 1.44. The predicted molar refractivity (Wildman–Crippen MR) is 79.8 cm³/mol. The quantitative estimate of drug-likeness (QED) is 0.881. The standard InChI is InChI=1S/C13H17ClN2O3S/c14-10-3-5-11(6-4-10)16-13(17)8-15-12-2-1-7-20(18,19)9-12/h3-6,12,15H,1-2,7-9H2,(H,16,17). The van der Waals surface area contributed by atoms with Crippen molar-refractivity contribution in [3.8, 4) is 0 Å². The Morgan fingerprint density at radius 1 is 1.30 bits per heavy atom. The molecule has 1 atom stereocenters. The van der Waals surface area contributed by atoms with Gasteiger partial charge in [-0.25, -0.2) is 8.42 Å². The minimum Gasteiger partial charge on any atom is -0.325 e. The van der Waals surface area contributed by atoms with Crippen molar-refractivity contribution in [2.24, 2.45) is 0 Å². The zero-order chi connectivity index (χ0) is 14.6. The number of halogens is 1. The molecule has 0 aliphatic carbocycles. The van der Waals surface area contributed by atoms with Crippen LogP contribution in [0.25, 0.3) is 0 Å². The van der Waals surface area contributed by atoms with Crippen LogP contribution in [0.1, 0.15) is 12.8 Å². The Kier molecular flexibility index (Phi) is 5.01. The first kappa shape index (κ1) is 15.3. The van der Waals surface area contributed by atoms with E-state index in [1.165, 1.54) is 0 Å². The van der Waals surface area contributed by atoms with E-state index in [1.807, 2.05) is 0 Å². The summed E-state index contributed by atoms with van der Waals surface area (Å²) in [6.45, 7) is 0.100. The number of amides is 1. The van der Waals surface area contributed by atoms with Gasteiger partial charge in [0.2, 0.25) is 5.91 Å². The van der Waals surface area contributed by atoms with Crippen LogP contribution in [-0.2, 0) is 14.6 Å². The molecule has 5 nitrogen and oxygen atoms in total. The fourth-order valence-electron chi connectivity index (χ4n) is 2.16. The fraction of sp³-hybridized carbons (Fsp3) is 0.462. The third kappa shape index (κ3) is 4.77. The molecule has 1 fully saturated rings. The highest BCUT2D eigenvalue weighted by atomic mass is 35.5. The van der Waals surface area contributed by atoms with E-state index in [9.17, 15) is 13.2 Å². The lowest BCUT2D eigenvalue weighted by Gasteiger charge is -2.22. The molecule has 1 aromatic carbocycles. The van der Waals surface area contributed by atoms with Crippen LogP contribution in [0.5, 0.6) is 0 Å². The maximum Gasteiger partial charge on any atom is 0.238 e. The maximum absolute atomic E-state index is 11.7. The second-order valence-electron chi connectivity index (χ2n) is 4.89. The molecule has 1 aliphatic rings. The summed E-state index contributed by atoms with van der Waals surface area (Å²) in [5, 5.41) is 6.32. The van der Waals surface area contributed by atoms with Crippen molar-refractivity contribution in [2.75, 3.05) is 23.4 Å². The van der Waals surface area contributed by atoms with E-state index in [0.717, 1.165) is 6.42 Å². The molecule has 1 unspecified atom stereocenters. The minimum atomic E-state index is -2.95. The molecule has 2 N–H and O–H groups in total. The highest BCUT2D eigenvalue weighted by Crippen LogP contribution is 2.14. The predicted octanol–water partition coefficient (Wildman–Crippen LogP) is 1.45. The molecule has 2 rings (SSSR count). The van der Waals surface area contributed by atoms with Crippen molar-refractivity contribution in [1.82, 2.24) is 5.32 Å². The lowest BCUT2D eigenvalue weighted by Crippen LogP contribution is -2.43. The lowest BCUT2D eigenvalue weighted by molar-refractivity contribution is -0.115. The van der Waals surface area contributed by atoms with Gasteiger partial charge in [0, 0.05) is 16.8 Å². The number of benzene rings is 1. The van der Waals surface area contributed by atoms with Crippen LogP contribution in [0.15, 0.2) is 24.3 Å². The number of rotatable bonds is 4. The Morgan fingerprint density at radius 3 is 2.65 bits per heavy atom. The van der Waals surface area contributed by atoms with Crippen molar-refractivity contribution in [1.29, 1.82) is 0 Å². The lowest BCUT2D eigenvalue weighted by atomic mass is 10.2. The molecule has 0 aromatic heterocycles. The first-order valence-electron chi connectivity index (χ1n) is 6.44. The van der Waals surface area contributed by atoms with Crippen LogP contribution in [0, 0.1) is 0 Å². The Bertz CT molecular complexity index is 572. The third-order valence-electron chi connectivity index (χ3n) is 3.14. The molecule has 7 heteroatoms. The summed E-state index contributed by atoms with van der Waals surface area (Å²) in [4.78, 5) is 11.7. The van der Waals surface area contributed by atoms with E-state index in [2.05, 4.69) is 10.6 Å². The summed E-state index contributed by atoms with van der Waals surface area (Å²) >= 11 is 5.76. The summed E-state index contributed by atoms with van der Waals surface area (Å²) in [7, 11) is -2.95. The number of hydrogen-bond acceptors (Lipinski definition) is 4. The number of carbonyl (C=O) groups excluding carboxylic acids is 1. The van der Waals surface area contributed by atoms with Crippen molar-refractivity contribution in [3.63, 3.8) is 0 Å². The maximum atomic E-state index is 11.7. The first-order chi connectivity index (χ1) is 9.44. The van der Waals surface area contributed by atoms with E-state index in [-0.39, 0.29) is 30.0 Å². The van der Waals surface area contributed by atoms with Gasteiger partial charge in [-0.05, 0) is 37.1 Å². The third-order valence-corrected chi connectivity index (χ3v) is 5.22. The van der Waals surface area contributed by atoms with Gasteiger partial charge >= 0.3 is 0 Å². The Hall–Kier alpha value is -1.11. The largest absolute Gasteiger partial charge is 0.325 e. The molecule has 0 saturated carbocycles. The van der Waals surface area contributed by atoms with E-state index >= 15 is 0 Å². The van der Waals surface area contributed by atoms with E-state index < -0.39 is 9.84 Å². The summed E-state index contributed by atoms with van der Waals surface area (Å²) in [6, 6.07) is 6.68. The van der Waals surface area contributed by atoms with Crippen molar-refractivity contribution in [3.05, 3.63) is 29.3 Å². The smallest absolute Gasteiger partial charge is 0.238 e. The molecular weight excluding hydrogens is 300 g/mol.